The highest BCUT2D eigenvalue weighted by atomic mass is 15.0. The molecule has 1 heterocycles. The lowest BCUT2D eigenvalue weighted by molar-refractivity contribution is 0.914. The van der Waals surface area contributed by atoms with Gasteiger partial charge in [-0.25, -0.2) is 9.97 Å². The molecule has 0 saturated carbocycles. The molecule has 0 unspecified atom stereocenters. The number of allylic oxidation sites excluding steroid dienone is 1. The molecule has 1 aliphatic carbocycles. The predicted molar refractivity (Wildman–Crippen MR) is 43.8 cm³/mol. The molecule has 0 spiro atoms. The summed E-state index contributed by atoms with van der Waals surface area (Å²) in [5, 5.41) is 0. The van der Waals surface area contributed by atoms with Crippen LogP contribution in [0.5, 0.6) is 0 Å². The van der Waals surface area contributed by atoms with E-state index in [4.69, 9.17) is 5.73 Å². The molecule has 0 amide bonds. The first-order valence-corrected chi connectivity index (χ1v) is 3.64. The molecule has 2 N–H and O–H groups in total. The maximum Gasteiger partial charge on any atom is 0.220 e. The second kappa shape index (κ2) is 2.34. The van der Waals surface area contributed by atoms with Gasteiger partial charge in [-0.15, -0.1) is 0 Å². The van der Waals surface area contributed by atoms with Gasteiger partial charge in [-0.3, -0.25) is 0 Å². The van der Waals surface area contributed by atoms with E-state index in [0.29, 0.717) is 5.95 Å². The number of nitrogen functional groups attached to an aromatic ring is 1. The standard InChI is InChI=1S/C8H9N3/c9-8-10-5-6-3-1-2-4-7(6)11-8/h1,3,5H,2,4H2,(H2,9,10,11). The summed E-state index contributed by atoms with van der Waals surface area (Å²) >= 11 is 0. The van der Waals surface area contributed by atoms with E-state index in [1.165, 1.54) is 0 Å². The number of hydrogen-bond donors (Lipinski definition) is 1. The van der Waals surface area contributed by atoms with Gasteiger partial charge in [0.25, 0.3) is 0 Å². The Labute approximate surface area is 65.0 Å². The highest BCUT2D eigenvalue weighted by Crippen LogP contribution is 2.15. The Balaban J connectivity index is 2.53. The number of fused-ring (bicyclic) bond motifs is 1. The summed E-state index contributed by atoms with van der Waals surface area (Å²) in [5.74, 6) is 0.374. The number of aryl methyl sites for hydroxylation is 1. The molecule has 0 saturated heterocycles. The number of nitrogens with two attached hydrogens (primary N) is 1. The molecule has 0 bridgehead atoms. The number of hydrogen-bond acceptors (Lipinski definition) is 3. The third kappa shape index (κ3) is 1.09. The maximum atomic E-state index is 5.44. The molecule has 3 nitrogen and oxygen atoms in total. The highest BCUT2D eigenvalue weighted by molar-refractivity contribution is 5.53. The van der Waals surface area contributed by atoms with Crippen molar-refractivity contribution in [2.24, 2.45) is 0 Å². The molecular formula is C8H9N3. The molecule has 0 aliphatic heterocycles. The van der Waals surface area contributed by atoms with Gasteiger partial charge < -0.3 is 5.73 Å². The summed E-state index contributed by atoms with van der Waals surface area (Å²) in [5.41, 5.74) is 7.61. The largest absolute Gasteiger partial charge is 0.368 e. The summed E-state index contributed by atoms with van der Waals surface area (Å²) in [6.07, 6.45) is 7.98. The van der Waals surface area contributed by atoms with E-state index >= 15 is 0 Å². The Bertz CT molecular complexity index is 304. The van der Waals surface area contributed by atoms with Crippen LogP contribution >= 0.6 is 0 Å². The highest BCUT2D eigenvalue weighted by Gasteiger charge is 2.05. The lowest BCUT2D eigenvalue weighted by Gasteiger charge is -2.07. The first-order valence-electron chi connectivity index (χ1n) is 3.64. The fraction of sp³-hybridized carbons (Fsp3) is 0.250. The second-order valence-corrected chi connectivity index (χ2v) is 2.57. The fourth-order valence-electron chi connectivity index (χ4n) is 1.21. The normalized spacial score (nSPS) is 14.5. The molecule has 0 aromatic carbocycles. The van der Waals surface area contributed by atoms with Crippen LogP contribution in [0.15, 0.2) is 12.3 Å². The van der Waals surface area contributed by atoms with Crippen molar-refractivity contribution >= 4 is 12.0 Å². The van der Waals surface area contributed by atoms with Gasteiger partial charge in [0.15, 0.2) is 0 Å². The Kier molecular flexibility index (Phi) is 1.35. The van der Waals surface area contributed by atoms with Gasteiger partial charge in [-0.1, -0.05) is 12.2 Å². The monoisotopic (exact) mass is 147 g/mol. The Morgan fingerprint density at radius 2 is 2.36 bits per heavy atom. The third-order valence-corrected chi connectivity index (χ3v) is 1.76. The van der Waals surface area contributed by atoms with Gasteiger partial charge in [0.2, 0.25) is 5.95 Å². The average Bonchev–Trinajstić information content (AvgIpc) is 2.04. The van der Waals surface area contributed by atoms with Crippen molar-refractivity contribution in [3.63, 3.8) is 0 Å². The summed E-state index contributed by atoms with van der Waals surface area (Å²) in [4.78, 5) is 8.04. The predicted octanol–water partition coefficient (Wildman–Crippen LogP) is 1.02. The van der Waals surface area contributed by atoms with Crippen LogP contribution in [0.4, 0.5) is 5.95 Å². The van der Waals surface area contributed by atoms with Crippen LogP contribution in [0, 0.1) is 0 Å². The van der Waals surface area contributed by atoms with E-state index in [-0.39, 0.29) is 0 Å². The quantitative estimate of drug-likeness (QED) is 0.596. The molecule has 56 valence electrons. The van der Waals surface area contributed by atoms with Crippen LogP contribution in [0.25, 0.3) is 6.08 Å². The van der Waals surface area contributed by atoms with Crippen LogP contribution in [0.3, 0.4) is 0 Å². The molecule has 1 aromatic rings. The van der Waals surface area contributed by atoms with Crippen molar-refractivity contribution in [2.75, 3.05) is 5.73 Å². The van der Waals surface area contributed by atoms with E-state index in [1.54, 1.807) is 6.20 Å². The zero-order chi connectivity index (χ0) is 7.68. The Morgan fingerprint density at radius 1 is 1.45 bits per heavy atom. The summed E-state index contributed by atoms with van der Waals surface area (Å²) in [6, 6.07) is 0. The van der Waals surface area contributed by atoms with E-state index < -0.39 is 0 Å². The van der Waals surface area contributed by atoms with Gasteiger partial charge in [0.1, 0.15) is 0 Å². The van der Waals surface area contributed by atoms with Gasteiger partial charge in [0, 0.05) is 11.8 Å². The van der Waals surface area contributed by atoms with Crippen LogP contribution in [0.1, 0.15) is 17.7 Å². The van der Waals surface area contributed by atoms with Gasteiger partial charge in [-0.2, -0.15) is 0 Å². The fourth-order valence-corrected chi connectivity index (χ4v) is 1.21. The van der Waals surface area contributed by atoms with Crippen molar-refractivity contribution in [1.82, 2.24) is 9.97 Å². The van der Waals surface area contributed by atoms with Gasteiger partial charge >= 0.3 is 0 Å². The zero-order valence-corrected chi connectivity index (χ0v) is 6.12. The lowest BCUT2D eigenvalue weighted by atomic mass is 10.1. The smallest absolute Gasteiger partial charge is 0.220 e. The number of anilines is 1. The number of rotatable bonds is 0. The van der Waals surface area contributed by atoms with E-state index in [9.17, 15) is 0 Å². The average molecular weight is 147 g/mol. The van der Waals surface area contributed by atoms with Crippen molar-refractivity contribution in [1.29, 1.82) is 0 Å². The zero-order valence-electron chi connectivity index (χ0n) is 6.12. The van der Waals surface area contributed by atoms with Crippen molar-refractivity contribution in [2.45, 2.75) is 12.8 Å². The van der Waals surface area contributed by atoms with Crippen LogP contribution in [0.2, 0.25) is 0 Å². The van der Waals surface area contributed by atoms with Crippen LogP contribution in [-0.2, 0) is 6.42 Å². The summed E-state index contributed by atoms with van der Waals surface area (Å²) in [6.45, 7) is 0. The summed E-state index contributed by atoms with van der Waals surface area (Å²) in [7, 11) is 0. The third-order valence-electron chi connectivity index (χ3n) is 1.76. The lowest BCUT2D eigenvalue weighted by Crippen LogP contribution is -2.03. The molecular weight excluding hydrogens is 138 g/mol. The van der Waals surface area contributed by atoms with Crippen LogP contribution in [-0.4, -0.2) is 9.97 Å². The number of nitrogens with zero attached hydrogens (tertiary/aromatic N) is 2. The molecule has 0 radical (unpaired) electrons. The Morgan fingerprint density at radius 3 is 3.27 bits per heavy atom. The van der Waals surface area contributed by atoms with Gasteiger partial charge in [0.05, 0.1) is 5.69 Å². The van der Waals surface area contributed by atoms with E-state index in [1.807, 2.05) is 6.08 Å². The minimum atomic E-state index is 0.374. The van der Waals surface area contributed by atoms with Gasteiger partial charge in [-0.05, 0) is 12.8 Å². The molecule has 0 atom stereocenters. The van der Waals surface area contributed by atoms with Crippen molar-refractivity contribution in [3.05, 3.63) is 23.5 Å². The van der Waals surface area contributed by atoms with Crippen LogP contribution < -0.4 is 5.73 Å². The molecule has 0 fully saturated rings. The molecule has 1 aromatic heterocycles. The van der Waals surface area contributed by atoms with Crippen molar-refractivity contribution in [3.8, 4) is 0 Å². The molecule has 1 aliphatic rings. The Hall–Kier alpha value is -1.38. The maximum absolute atomic E-state index is 5.44. The first kappa shape index (κ1) is 6.34. The molecule has 2 rings (SSSR count). The van der Waals surface area contributed by atoms with Crippen molar-refractivity contribution < 1.29 is 0 Å². The van der Waals surface area contributed by atoms with E-state index in [0.717, 1.165) is 24.1 Å². The second-order valence-electron chi connectivity index (χ2n) is 2.57. The minimum Gasteiger partial charge on any atom is -0.368 e. The minimum absolute atomic E-state index is 0.374. The molecule has 11 heavy (non-hydrogen) atoms. The summed E-state index contributed by atoms with van der Waals surface area (Å²) < 4.78 is 0. The SMILES string of the molecule is Nc1ncc2c(n1)CCC=C2. The molecule has 3 heteroatoms. The van der Waals surface area contributed by atoms with E-state index in [2.05, 4.69) is 16.0 Å². The topological polar surface area (TPSA) is 51.8 Å². The first-order chi connectivity index (χ1) is 5.36. The number of aromatic nitrogens is 2.